The SMILES string of the molecule is CN1CCc2c(cc(O)c(O)c2Cl)C(c2ccc(OCCCCCN3CCc4c(cc(O)c(O)c4Cl)C(c4ccc(O)cc4)C3)cc2)C1. The normalized spacial score (nSPS) is 18.5. The van der Waals surface area contributed by atoms with E-state index in [0.717, 1.165) is 91.1 Å². The second-order valence-corrected chi connectivity index (χ2v) is 13.7. The molecule has 2 atom stereocenters. The minimum absolute atomic E-state index is 0.00151. The van der Waals surface area contributed by atoms with Crippen molar-refractivity contribution in [3.05, 3.63) is 104 Å². The topological polar surface area (TPSA) is 117 Å². The van der Waals surface area contributed by atoms with Gasteiger partial charge < -0.3 is 40.1 Å². The van der Waals surface area contributed by atoms with Crippen molar-refractivity contribution >= 4 is 23.2 Å². The lowest BCUT2D eigenvalue weighted by molar-refractivity contribution is 0.260. The fourth-order valence-electron chi connectivity index (χ4n) is 7.10. The van der Waals surface area contributed by atoms with E-state index in [-0.39, 0.29) is 50.6 Å². The van der Waals surface area contributed by atoms with Gasteiger partial charge in [-0.2, -0.15) is 0 Å². The van der Waals surface area contributed by atoms with Crippen LogP contribution >= 0.6 is 23.2 Å². The highest BCUT2D eigenvalue weighted by atomic mass is 35.5. The van der Waals surface area contributed by atoms with E-state index < -0.39 is 0 Å². The highest BCUT2D eigenvalue weighted by Gasteiger charge is 2.29. The molecule has 4 aromatic carbocycles. The van der Waals surface area contributed by atoms with Crippen LogP contribution in [0.2, 0.25) is 10.0 Å². The van der Waals surface area contributed by atoms with Crippen LogP contribution in [0.5, 0.6) is 34.5 Å². The number of hydrogen-bond donors (Lipinski definition) is 5. The maximum absolute atomic E-state index is 10.4. The van der Waals surface area contributed by atoms with Gasteiger partial charge in [0, 0.05) is 38.0 Å². The molecule has 0 fully saturated rings. The molecule has 8 nitrogen and oxygen atoms in total. The molecule has 2 aliphatic heterocycles. The molecule has 5 N–H and O–H groups in total. The number of fused-ring (bicyclic) bond motifs is 2. The largest absolute Gasteiger partial charge is 0.508 e. The number of phenolic OH excluding ortho intramolecular Hbond substituents is 5. The predicted octanol–water partition coefficient (Wildman–Crippen LogP) is 7.38. The van der Waals surface area contributed by atoms with Crippen molar-refractivity contribution in [1.29, 1.82) is 0 Å². The number of aromatic hydroxyl groups is 5. The van der Waals surface area contributed by atoms with Crippen LogP contribution in [0.3, 0.4) is 0 Å². The number of benzene rings is 4. The molecule has 10 heteroatoms. The van der Waals surface area contributed by atoms with Crippen LogP contribution in [0.1, 0.15) is 64.5 Å². The fourth-order valence-corrected chi connectivity index (χ4v) is 7.70. The van der Waals surface area contributed by atoms with Crippen LogP contribution in [0, 0.1) is 0 Å². The summed E-state index contributed by atoms with van der Waals surface area (Å²) in [6.45, 7) is 4.58. The number of unbranched alkanes of at least 4 members (excludes halogenated alkanes) is 2. The van der Waals surface area contributed by atoms with Crippen molar-refractivity contribution in [1.82, 2.24) is 9.80 Å². The molecule has 0 aliphatic carbocycles. The number of ether oxygens (including phenoxy) is 1. The summed E-state index contributed by atoms with van der Waals surface area (Å²) >= 11 is 13.0. The summed E-state index contributed by atoms with van der Waals surface area (Å²) in [5, 5.41) is 51.5. The number of halogens is 2. The number of nitrogens with zero attached hydrogens (tertiary/aromatic N) is 2. The van der Waals surface area contributed by atoms with Crippen LogP contribution < -0.4 is 4.74 Å². The molecule has 0 aromatic heterocycles. The monoisotopic (exact) mass is 692 g/mol. The van der Waals surface area contributed by atoms with Crippen molar-refractivity contribution in [3.63, 3.8) is 0 Å². The summed E-state index contributed by atoms with van der Waals surface area (Å²) in [6.07, 6.45) is 4.26. The zero-order valence-electron chi connectivity index (χ0n) is 27.0. The number of phenols is 5. The van der Waals surface area contributed by atoms with Gasteiger partial charge in [-0.3, -0.25) is 0 Å². The molecule has 48 heavy (non-hydrogen) atoms. The molecule has 2 aliphatic rings. The van der Waals surface area contributed by atoms with Gasteiger partial charge in [-0.25, -0.2) is 0 Å². The molecular weight excluding hydrogens is 651 g/mol. The van der Waals surface area contributed by atoms with Gasteiger partial charge in [-0.15, -0.1) is 0 Å². The van der Waals surface area contributed by atoms with Crippen molar-refractivity contribution < 1.29 is 30.3 Å². The van der Waals surface area contributed by atoms with E-state index in [1.807, 2.05) is 24.3 Å². The Bertz CT molecular complexity index is 1750. The number of hydrogen-bond acceptors (Lipinski definition) is 8. The first-order chi connectivity index (χ1) is 23.1. The molecule has 2 heterocycles. The lowest BCUT2D eigenvalue weighted by atomic mass is 9.87. The maximum Gasteiger partial charge on any atom is 0.176 e. The van der Waals surface area contributed by atoms with Gasteiger partial charge in [0.1, 0.15) is 11.5 Å². The van der Waals surface area contributed by atoms with Crippen LogP contribution in [-0.2, 0) is 12.8 Å². The summed E-state index contributed by atoms with van der Waals surface area (Å²) in [5.74, 6) is -0.0328. The van der Waals surface area contributed by atoms with Crippen LogP contribution in [0.4, 0.5) is 0 Å². The van der Waals surface area contributed by atoms with E-state index in [0.29, 0.717) is 19.4 Å². The zero-order valence-corrected chi connectivity index (χ0v) is 28.5. The Hall–Kier alpha value is -3.82. The van der Waals surface area contributed by atoms with E-state index >= 15 is 0 Å². The Morgan fingerprint density at radius 1 is 0.688 bits per heavy atom. The summed E-state index contributed by atoms with van der Waals surface area (Å²) in [7, 11) is 2.07. The highest BCUT2D eigenvalue weighted by Crippen LogP contribution is 2.45. The van der Waals surface area contributed by atoms with E-state index in [9.17, 15) is 25.5 Å². The van der Waals surface area contributed by atoms with Crippen molar-refractivity contribution in [2.24, 2.45) is 0 Å². The van der Waals surface area contributed by atoms with Gasteiger partial charge in [-0.1, -0.05) is 47.5 Å². The van der Waals surface area contributed by atoms with E-state index in [2.05, 4.69) is 29.0 Å². The predicted molar refractivity (Wildman–Crippen MR) is 188 cm³/mol. The lowest BCUT2D eigenvalue weighted by Crippen LogP contribution is -2.30. The zero-order chi connectivity index (χ0) is 33.9. The first-order valence-corrected chi connectivity index (χ1v) is 17.2. The van der Waals surface area contributed by atoms with Crippen LogP contribution in [-0.4, -0.2) is 81.7 Å². The molecule has 0 saturated heterocycles. The standard InChI is InChI=1S/C38H42Cl2N2O6/c1-41-16-13-27-29(19-33(44)37(46)35(27)39)31(21-41)24-7-11-26(12-8-24)48-18-4-2-3-15-42-17-14-28-30(20-34(45)38(47)36(28)40)32(22-42)23-5-9-25(43)10-6-23/h5-12,19-20,31-32,43-47H,2-4,13-18,21-22H2,1H3. The van der Waals surface area contributed by atoms with Gasteiger partial charge in [0.05, 0.1) is 16.7 Å². The third-order valence-electron chi connectivity index (χ3n) is 9.79. The Kier molecular flexibility index (Phi) is 10.5. The lowest BCUT2D eigenvalue weighted by Gasteiger charge is -2.25. The molecule has 254 valence electrons. The van der Waals surface area contributed by atoms with Crippen molar-refractivity contribution in [2.45, 2.75) is 43.9 Å². The van der Waals surface area contributed by atoms with Gasteiger partial charge in [0.15, 0.2) is 23.0 Å². The third-order valence-corrected chi connectivity index (χ3v) is 10.6. The Morgan fingerprint density at radius 3 is 1.83 bits per heavy atom. The Labute approximate surface area is 291 Å². The first-order valence-electron chi connectivity index (χ1n) is 16.5. The second-order valence-electron chi connectivity index (χ2n) is 13.0. The van der Waals surface area contributed by atoms with E-state index in [4.69, 9.17) is 27.9 Å². The van der Waals surface area contributed by atoms with E-state index in [1.165, 1.54) is 0 Å². The third kappa shape index (κ3) is 7.27. The molecule has 0 saturated carbocycles. The Balaban J connectivity index is 1.03. The molecule has 0 bridgehead atoms. The number of likely N-dealkylation sites (N-methyl/N-ethyl adjacent to an activating group) is 1. The van der Waals surface area contributed by atoms with Crippen molar-refractivity contribution in [3.8, 4) is 34.5 Å². The summed E-state index contributed by atoms with van der Waals surface area (Å²) < 4.78 is 6.09. The maximum atomic E-state index is 10.4. The smallest absolute Gasteiger partial charge is 0.176 e. The molecule has 0 amide bonds. The minimum Gasteiger partial charge on any atom is -0.508 e. The van der Waals surface area contributed by atoms with Crippen LogP contribution in [0.15, 0.2) is 60.7 Å². The summed E-state index contributed by atoms with van der Waals surface area (Å²) in [5.41, 5.74) is 5.68. The molecular formula is C38H42Cl2N2O6. The molecule has 0 radical (unpaired) electrons. The molecule has 2 unspecified atom stereocenters. The van der Waals surface area contributed by atoms with Crippen molar-refractivity contribution in [2.75, 3.05) is 46.4 Å². The Morgan fingerprint density at radius 2 is 1.23 bits per heavy atom. The second kappa shape index (κ2) is 14.7. The first kappa shape index (κ1) is 34.1. The highest BCUT2D eigenvalue weighted by molar-refractivity contribution is 6.33. The van der Waals surface area contributed by atoms with E-state index in [1.54, 1.807) is 24.3 Å². The molecule has 4 aromatic rings. The quantitative estimate of drug-likeness (QED) is 0.0912. The molecule has 6 rings (SSSR count). The average Bonchev–Trinajstić information content (AvgIpc) is 3.36. The molecule has 0 spiro atoms. The van der Waals surface area contributed by atoms with Gasteiger partial charge >= 0.3 is 0 Å². The van der Waals surface area contributed by atoms with Gasteiger partial charge in [0.25, 0.3) is 0 Å². The minimum atomic E-state index is -0.281. The number of rotatable bonds is 9. The van der Waals surface area contributed by atoms with Gasteiger partial charge in [0.2, 0.25) is 0 Å². The fraction of sp³-hybridized carbons (Fsp3) is 0.368. The summed E-state index contributed by atoms with van der Waals surface area (Å²) in [6, 6.07) is 18.5. The average molecular weight is 694 g/mol. The summed E-state index contributed by atoms with van der Waals surface area (Å²) in [4.78, 5) is 4.64. The van der Waals surface area contributed by atoms with Gasteiger partial charge in [-0.05, 0) is 115 Å². The van der Waals surface area contributed by atoms with Crippen LogP contribution in [0.25, 0.3) is 0 Å².